The average Bonchev–Trinajstić information content (AvgIpc) is 2.18. The van der Waals surface area contributed by atoms with Gasteiger partial charge in [0.25, 0.3) is 0 Å². The molecule has 0 saturated carbocycles. The zero-order valence-corrected chi connectivity index (χ0v) is 10.1. The van der Waals surface area contributed by atoms with E-state index in [4.69, 9.17) is 10.8 Å². The van der Waals surface area contributed by atoms with Gasteiger partial charge >= 0.3 is 5.97 Å². The predicted octanol–water partition coefficient (Wildman–Crippen LogP) is 1.01. The number of carboxylic acid groups (broad SMARTS) is 1. The molecule has 0 heterocycles. The molecule has 0 spiro atoms. The average molecular weight is 223 g/mol. The normalized spacial score (nSPS) is 13.5. The molecule has 0 bridgehead atoms. The summed E-state index contributed by atoms with van der Waals surface area (Å²) in [6, 6.07) is 9.87. The monoisotopic (exact) mass is 223 g/mol. The molecule has 0 aliphatic carbocycles. The minimum Gasteiger partial charge on any atom is -0.480 e. The van der Waals surface area contributed by atoms with Crippen molar-refractivity contribution in [2.45, 2.75) is 25.2 Å². The van der Waals surface area contributed by atoms with Crippen molar-refractivity contribution in [1.29, 1.82) is 0 Å². The van der Waals surface area contributed by atoms with E-state index in [0.717, 1.165) is 0 Å². The molecule has 0 saturated heterocycles. The highest BCUT2D eigenvalue weighted by atomic mass is 28.3. The molecule has 3 N–H and O–H groups in total. The Labute approximate surface area is 90.9 Å². The third kappa shape index (κ3) is 3.18. The molecule has 0 fully saturated rings. The molecule has 0 aliphatic rings. The van der Waals surface area contributed by atoms with Gasteiger partial charge in [-0.25, -0.2) is 0 Å². The summed E-state index contributed by atoms with van der Waals surface area (Å²) < 4.78 is 0. The van der Waals surface area contributed by atoms with Crippen molar-refractivity contribution in [3.05, 3.63) is 30.3 Å². The first-order chi connectivity index (χ1) is 6.93. The van der Waals surface area contributed by atoms with Crippen molar-refractivity contribution in [3.63, 3.8) is 0 Å². The fourth-order valence-corrected chi connectivity index (χ4v) is 4.25. The van der Waals surface area contributed by atoms with Gasteiger partial charge in [0.05, 0.1) is 8.07 Å². The van der Waals surface area contributed by atoms with Crippen molar-refractivity contribution >= 4 is 19.2 Å². The van der Waals surface area contributed by atoms with Gasteiger partial charge in [0.1, 0.15) is 6.04 Å². The molecule has 0 amide bonds. The smallest absolute Gasteiger partial charge is 0.320 e. The van der Waals surface area contributed by atoms with Crippen LogP contribution in [0.3, 0.4) is 0 Å². The molecule has 1 rings (SSSR count). The van der Waals surface area contributed by atoms with E-state index >= 15 is 0 Å². The van der Waals surface area contributed by atoms with Crippen LogP contribution in [0.1, 0.15) is 0 Å². The van der Waals surface area contributed by atoms with Crippen molar-refractivity contribution in [1.82, 2.24) is 0 Å². The van der Waals surface area contributed by atoms with Gasteiger partial charge in [-0.1, -0.05) is 48.6 Å². The van der Waals surface area contributed by atoms with Gasteiger partial charge in [-0.05, 0) is 6.04 Å². The second-order valence-electron chi connectivity index (χ2n) is 4.40. The van der Waals surface area contributed by atoms with E-state index in [1.807, 2.05) is 18.2 Å². The van der Waals surface area contributed by atoms with E-state index in [-0.39, 0.29) is 0 Å². The van der Waals surface area contributed by atoms with Crippen molar-refractivity contribution < 1.29 is 9.90 Å². The van der Waals surface area contributed by atoms with Crippen LogP contribution in [0, 0.1) is 0 Å². The van der Waals surface area contributed by atoms with Crippen LogP contribution in [0.25, 0.3) is 0 Å². The highest BCUT2D eigenvalue weighted by molar-refractivity contribution is 6.90. The Morgan fingerprint density at radius 2 is 1.93 bits per heavy atom. The van der Waals surface area contributed by atoms with Crippen LogP contribution in [0.15, 0.2) is 30.3 Å². The van der Waals surface area contributed by atoms with Gasteiger partial charge in [0.2, 0.25) is 0 Å². The number of hydrogen-bond acceptors (Lipinski definition) is 2. The Bertz CT molecular complexity index is 338. The lowest BCUT2D eigenvalue weighted by atomic mass is 10.4. The number of carboxylic acids is 1. The molecule has 4 heteroatoms. The van der Waals surface area contributed by atoms with Gasteiger partial charge in [-0.3, -0.25) is 4.79 Å². The largest absolute Gasteiger partial charge is 0.480 e. The van der Waals surface area contributed by atoms with Gasteiger partial charge in [-0.2, -0.15) is 0 Å². The SMILES string of the molecule is C[Si](C)(C[C@H](N)C(=O)O)c1ccccc1. The topological polar surface area (TPSA) is 63.3 Å². The summed E-state index contributed by atoms with van der Waals surface area (Å²) >= 11 is 0. The third-order valence-electron chi connectivity index (χ3n) is 2.60. The highest BCUT2D eigenvalue weighted by Crippen LogP contribution is 2.11. The maximum atomic E-state index is 10.7. The minimum atomic E-state index is -1.71. The summed E-state index contributed by atoms with van der Waals surface area (Å²) in [5, 5.41) is 10.0. The molecule has 15 heavy (non-hydrogen) atoms. The molecule has 3 nitrogen and oxygen atoms in total. The van der Waals surface area contributed by atoms with Crippen LogP contribution in [0.4, 0.5) is 0 Å². The maximum Gasteiger partial charge on any atom is 0.320 e. The summed E-state index contributed by atoms with van der Waals surface area (Å²) in [5.74, 6) is -0.911. The molecule has 0 aliphatic heterocycles. The first kappa shape index (κ1) is 11.9. The van der Waals surface area contributed by atoms with Crippen LogP contribution >= 0.6 is 0 Å². The van der Waals surface area contributed by atoms with Gasteiger partial charge in [-0.15, -0.1) is 0 Å². The Morgan fingerprint density at radius 1 is 1.40 bits per heavy atom. The summed E-state index contributed by atoms with van der Waals surface area (Å²) in [6.45, 7) is 4.29. The van der Waals surface area contributed by atoms with Gasteiger partial charge in [0.15, 0.2) is 0 Å². The van der Waals surface area contributed by atoms with Crippen LogP contribution in [-0.2, 0) is 4.79 Å². The second-order valence-corrected chi connectivity index (χ2v) is 9.15. The summed E-state index contributed by atoms with van der Waals surface area (Å²) in [7, 11) is -1.71. The predicted molar refractivity (Wildman–Crippen MR) is 64.0 cm³/mol. The number of carbonyl (C=O) groups is 1. The number of rotatable bonds is 4. The molecule has 0 radical (unpaired) electrons. The molecule has 0 aromatic heterocycles. The van der Waals surface area contributed by atoms with E-state index in [1.165, 1.54) is 5.19 Å². The number of aliphatic carboxylic acids is 1. The lowest BCUT2D eigenvalue weighted by Gasteiger charge is -2.24. The lowest BCUT2D eigenvalue weighted by Crippen LogP contribution is -2.48. The quantitative estimate of drug-likeness (QED) is 0.749. The van der Waals surface area contributed by atoms with E-state index in [2.05, 4.69) is 25.2 Å². The summed E-state index contributed by atoms with van der Waals surface area (Å²) in [6.07, 6.45) is 0. The fourth-order valence-electron chi connectivity index (χ4n) is 1.64. The summed E-state index contributed by atoms with van der Waals surface area (Å²) in [4.78, 5) is 10.7. The Morgan fingerprint density at radius 3 is 2.40 bits per heavy atom. The van der Waals surface area contributed by atoms with E-state index in [1.54, 1.807) is 0 Å². The number of nitrogens with two attached hydrogens (primary N) is 1. The molecular weight excluding hydrogens is 206 g/mol. The highest BCUT2D eigenvalue weighted by Gasteiger charge is 2.28. The van der Waals surface area contributed by atoms with Crippen LogP contribution < -0.4 is 10.9 Å². The molecule has 1 atom stereocenters. The lowest BCUT2D eigenvalue weighted by molar-refractivity contribution is -0.138. The van der Waals surface area contributed by atoms with Gasteiger partial charge in [0, 0.05) is 0 Å². The van der Waals surface area contributed by atoms with Gasteiger partial charge < -0.3 is 10.8 Å². The molecule has 1 aromatic rings. The molecular formula is C11H17NO2Si. The summed E-state index contributed by atoms with van der Waals surface area (Å²) in [5.41, 5.74) is 5.58. The van der Waals surface area contributed by atoms with Crippen molar-refractivity contribution in [2.75, 3.05) is 0 Å². The zero-order valence-electron chi connectivity index (χ0n) is 9.10. The van der Waals surface area contributed by atoms with Crippen molar-refractivity contribution in [3.8, 4) is 0 Å². The maximum absolute atomic E-state index is 10.7. The Kier molecular flexibility index (Phi) is 3.65. The molecule has 82 valence electrons. The van der Waals surface area contributed by atoms with Crippen molar-refractivity contribution in [2.24, 2.45) is 5.73 Å². The first-order valence-electron chi connectivity index (χ1n) is 4.97. The van der Waals surface area contributed by atoms with E-state index < -0.39 is 20.1 Å². The second kappa shape index (κ2) is 4.59. The number of hydrogen-bond donors (Lipinski definition) is 2. The van der Waals surface area contributed by atoms with Crippen LogP contribution in [0.5, 0.6) is 0 Å². The third-order valence-corrected chi connectivity index (χ3v) is 5.96. The van der Waals surface area contributed by atoms with E-state index in [9.17, 15) is 4.79 Å². The first-order valence-corrected chi connectivity index (χ1v) is 8.18. The minimum absolute atomic E-state index is 0.576. The Hall–Kier alpha value is -1.13. The molecule has 1 aromatic carbocycles. The fraction of sp³-hybridized carbons (Fsp3) is 0.364. The standard InChI is InChI=1S/C11H17NO2Si/c1-15(2,8-10(12)11(13)14)9-6-4-3-5-7-9/h3-7,10H,8,12H2,1-2H3,(H,13,14)/t10-/m0/s1. The zero-order chi connectivity index (χ0) is 11.5. The van der Waals surface area contributed by atoms with Crippen LogP contribution in [-0.4, -0.2) is 25.2 Å². The molecule has 0 unspecified atom stereocenters. The Balaban J connectivity index is 2.80. The van der Waals surface area contributed by atoms with E-state index in [0.29, 0.717) is 6.04 Å². The van der Waals surface area contributed by atoms with Crippen LogP contribution in [0.2, 0.25) is 19.1 Å². The number of benzene rings is 1.